The number of thioether (sulfide) groups is 1. The largest absolute Gasteiger partial charge is 0.418 e. The standard InChI is InChI=1S/C23H24BClF3N7O2S/c1-35(2)8-7-29-20-18(24)19(32-12-33-20)22(37)31-10-13-5-3-4-6-16(38-13)21(36)34-17-9-14(23(26,27)28)15(25)11-30-17/h5-6,9,11-12H,3-4,7-8,10H2,1-2H3,(H,31,37)(H,29,32,33)(H,30,34,36). The van der Waals surface area contributed by atoms with Crippen molar-refractivity contribution < 1.29 is 22.8 Å². The number of amides is 2. The van der Waals surface area contributed by atoms with Crippen LogP contribution in [0.4, 0.5) is 24.8 Å². The Morgan fingerprint density at radius 3 is 2.61 bits per heavy atom. The van der Waals surface area contributed by atoms with E-state index < -0.39 is 28.6 Å². The highest BCUT2D eigenvalue weighted by atomic mass is 35.5. The molecule has 38 heavy (non-hydrogen) atoms. The molecule has 1 aliphatic heterocycles. The van der Waals surface area contributed by atoms with Gasteiger partial charge < -0.3 is 20.9 Å². The van der Waals surface area contributed by atoms with Crippen molar-refractivity contribution in [1.82, 2.24) is 25.2 Å². The van der Waals surface area contributed by atoms with Crippen LogP contribution in [0.15, 0.2) is 40.6 Å². The lowest BCUT2D eigenvalue weighted by atomic mass is 9.94. The smallest absolute Gasteiger partial charge is 0.369 e. The molecule has 2 aromatic heterocycles. The molecule has 9 nitrogen and oxygen atoms in total. The molecular formula is C23H24BClF3N7O2S. The first-order valence-corrected chi connectivity index (χ1v) is 12.5. The van der Waals surface area contributed by atoms with Gasteiger partial charge in [-0.2, -0.15) is 13.2 Å². The van der Waals surface area contributed by atoms with E-state index in [1.165, 1.54) is 6.33 Å². The molecule has 2 amide bonds. The Hall–Kier alpha value is -3.10. The molecule has 0 saturated heterocycles. The summed E-state index contributed by atoms with van der Waals surface area (Å²) < 4.78 is 39.4. The lowest BCUT2D eigenvalue weighted by Crippen LogP contribution is -2.33. The molecule has 3 N–H and O–H groups in total. The van der Waals surface area contributed by atoms with Gasteiger partial charge in [-0.15, -0.1) is 0 Å². The molecule has 0 aliphatic carbocycles. The zero-order chi connectivity index (χ0) is 27.9. The Morgan fingerprint density at radius 1 is 1.16 bits per heavy atom. The van der Waals surface area contributed by atoms with E-state index in [-0.39, 0.29) is 28.4 Å². The van der Waals surface area contributed by atoms with Crippen molar-refractivity contribution in [3.05, 3.63) is 56.8 Å². The fourth-order valence-electron chi connectivity index (χ4n) is 3.20. The maximum absolute atomic E-state index is 13.1. The summed E-state index contributed by atoms with van der Waals surface area (Å²) in [5, 5.41) is 7.60. The Kier molecular flexibility index (Phi) is 10.2. The van der Waals surface area contributed by atoms with E-state index in [2.05, 4.69) is 30.9 Å². The van der Waals surface area contributed by atoms with Crippen LogP contribution >= 0.6 is 23.4 Å². The van der Waals surface area contributed by atoms with Crippen molar-refractivity contribution in [1.29, 1.82) is 0 Å². The number of rotatable bonds is 9. The number of allylic oxidation sites excluding steroid dienone is 2. The summed E-state index contributed by atoms with van der Waals surface area (Å²) in [5.74, 6) is -1.09. The van der Waals surface area contributed by atoms with E-state index in [0.717, 1.165) is 24.5 Å². The molecule has 0 aromatic carbocycles. The molecule has 15 heteroatoms. The first-order valence-electron chi connectivity index (χ1n) is 11.3. The number of pyridine rings is 1. The highest BCUT2D eigenvalue weighted by Crippen LogP contribution is 2.36. The van der Waals surface area contributed by atoms with E-state index in [4.69, 9.17) is 19.4 Å². The third-order valence-electron chi connectivity index (χ3n) is 5.11. The van der Waals surface area contributed by atoms with Crippen LogP contribution in [0.1, 0.15) is 28.9 Å². The number of hydrogen-bond acceptors (Lipinski definition) is 8. The van der Waals surface area contributed by atoms with Gasteiger partial charge in [0.1, 0.15) is 31.5 Å². The van der Waals surface area contributed by atoms with Gasteiger partial charge in [0.05, 0.1) is 15.5 Å². The number of alkyl halides is 3. The zero-order valence-electron chi connectivity index (χ0n) is 20.5. The number of likely N-dealkylation sites (N-methyl/N-ethyl adjacent to an activating group) is 1. The molecule has 0 bridgehead atoms. The molecule has 0 atom stereocenters. The monoisotopic (exact) mass is 565 g/mol. The van der Waals surface area contributed by atoms with Gasteiger partial charge in [-0.3, -0.25) is 9.59 Å². The number of nitrogens with zero attached hydrogens (tertiary/aromatic N) is 4. The number of nitrogens with one attached hydrogen (secondary N) is 3. The van der Waals surface area contributed by atoms with Crippen molar-refractivity contribution in [2.45, 2.75) is 19.0 Å². The minimum Gasteiger partial charge on any atom is -0.369 e. The average molecular weight is 566 g/mol. The second kappa shape index (κ2) is 13.1. The minimum atomic E-state index is -4.69. The summed E-state index contributed by atoms with van der Waals surface area (Å²) >= 11 is 6.68. The Labute approximate surface area is 228 Å². The van der Waals surface area contributed by atoms with Gasteiger partial charge in [-0.1, -0.05) is 35.5 Å². The van der Waals surface area contributed by atoms with E-state index in [0.29, 0.717) is 36.2 Å². The Balaban J connectivity index is 1.62. The van der Waals surface area contributed by atoms with Gasteiger partial charge in [0.15, 0.2) is 0 Å². The van der Waals surface area contributed by atoms with Crippen LogP contribution in [-0.4, -0.2) is 73.2 Å². The lowest BCUT2D eigenvalue weighted by molar-refractivity contribution is -0.137. The predicted molar refractivity (Wildman–Crippen MR) is 143 cm³/mol. The number of anilines is 2. The first-order chi connectivity index (χ1) is 18.0. The number of aromatic nitrogens is 3. The summed E-state index contributed by atoms with van der Waals surface area (Å²) in [6, 6.07) is 0.675. The van der Waals surface area contributed by atoms with Crippen LogP contribution in [0.3, 0.4) is 0 Å². The predicted octanol–water partition coefficient (Wildman–Crippen LogP) is 2.97. The first kappa shape index (κ1) is 29.5. The molecule has 3 heterocycles. The highest BCUT2D eigenvalue weighted by Gasteiger charge is 2.34. The zero-order valence-corrected chi connectivity index (χ0v) is 22.1. The fourth-order valence-corrected chi connectivity index (χ4v) is 4.38. The van der Waals surface area contributed by atoms with Crippen molar-refractivity contribution in [2.75, 3.05) is 44.4 Å². The van der Waals surface area contributed by atoms with Crippen LogP contribution in [0, 0.1) is 0 Å². The summed E-state index contributed by atoms with van der Waals surface area (Å²) in [6.07, 6.45) is 2.03. The van der Waals surface area contributed by atoms with Crippen molar-refractivity contribution >= 4 is 60.1 Å². The van der Waals surface area contributed by atoms with E-state index >= 15 is 0 Å². The summed E-state index contributed by atoms with van der Waals surface area (Å²) in [4.78, 5) is 40.3. The molecule has 3 rings (SSSR count). The Morgan fingerprint density at radius 2 is 1.89 bits per heavy atom. The fraction of sp³-hybridized carbons (Fsp3) is 0.348. The van der Waals surface area contributed by atoms with E-state index in [1.54, 1.807) is 6.08 Å². The van der Waals surface area contributed by atoms with Crippen molar-refractivity contribution in [3.8, 4) is 0 Å². The van der Waals surface area contributed by atoms with Gasteiger partial charge in [0, 0.05) is 30.7 Å². The topological polar surface area (TPSA) is 112 Å². The van der Waals surface area contributed by atoms with E-state index in [9.17, 15) is 22.8 Å². The SMILES string of the molecule is [B]c1c(NCCN(C)C)ncnc1C(=O)NCC1=CCCC=C(C(=O)Nc2cc(C(F)(F)F)c(Cl)cn2)S1. The molecule has 0 spiro atoms. The summed E-state index contributed by atoms with van der Waals surface area (Å²) in [7, 11) is 9.93. The minimum absolute atomic E-state index is 0.00867. The molecule has 0 fully saturated rings. The van der Waals surface area contributed by atoms with Gasteiger partial charge in [0.2, 0.25) is 0 Å². The molecular weight excluding hydrogens is 542 g/mol. The maximum atomic E-state index is 13.1. The van der Waals surface area contributed by atoms with Gasteiger partial charge in [-0.25, -0.2) is 15.0 Å². The van der Waals surface area contributed by atoms with E-state index in [1.807, 2.05) is 25.1 Å². The number of carbonyl (C=O) groups excluding carboxylic acids is 2. The van der Waals surface area contributed by atoms with Crippen molar-refractivity contribution in [3.63, 3.8) is 0 Å². The maximum Gasteiger partial charge on any atom is 0.418 e. The molecule has 1 aliphatic rings. The lowest BCUT2D eigenvalue weighted by Gasteiger charge is -2.15. The van der Waals surface area contributed by atoms with Crippen LogP contribution in [-0.2, 0) is 11.0 Å². The second-order valence-electron chi connectivity index (χ2n) is 8.32. The summed E-state index contributed by atoms with van der Waals surface area (Å²) in [5.41, 5.74) is -0.982. The van der Waals surface area contributed by atoms with Gasteiger partial charge >= 0.3 is 6.18 Å². The average Bonchev–Trinajstić information content (AvgIpc) is 3.10. The normalized spacial score (nSPS) is 13.9. The molecule has 2 aromatic rings. The second-order valence-corrected chi connectivity index (χ2v) is 9.89. The third-order valence-corrected chi connectivity index (χ3v) is 6.56. The van der Waals surface area contributed by atoms with Gasteiger partial charge in [-0.05, 0) is 38.5 Å². The number of hydrogen-bond donors (Lipinski definition) is 3. The van der Waals surface area contributed by atoms with Gasteiger partial charge in [0.25, 0.3) is 11.8 Å². The third kappa shape index (κ3) is 8.20. The summed E-state index contributed by atoms with van der Waals surface area (Å²) in [6.45, 7) is 1.38. The molecule has 200 valence electrons. The van der Waals surface area contributed by atoms with Crippen LogP contribution < -0.4 is 21.4 Å². The van der Waals surface area contributed by atoms with Crippen LogP contribution in [0.5, 0.6) is 0 Å². The van der Waals surface area contributed by atoms with Crippen molar-refractivity contribution in [2.24, 2.45) is 0 Å². The molecule has 0 unspecified atom stereocenters. The number of halogens is 4. The molecule has 2 radical (unpaired) electrons. The quantitative estimate of drug-likeness (QED) is 0.398. The Bertz CT molecular complexity index is 1260. The number of carbonyl (C=O) groups is 2. The van der Waals surface area contributed by atoms with Crippen LogP contribution in [0.25, 0.3) is 0 Å². The highest BCUT2D eigenvalue weighted by molar-refractivity contribution is 8.07. The van der Waals surface area contributed by atoms with Crippen LogP contribution in [0.2, 0.25) is 5.02 Å². The molecule has 0 saturated carbocycles.